The fourth-order valence-electron chi connectivity index (χ4n) is 10.9. The lowest BCUT2D eigenvalue weighted by molar-refractivity contribution is -0.0845. The number of benzene rings is 3. The summed E-state index contributed by atoms with van der Waals surface area (Å²) in [6.45, 7) is 14.1. The van der Waals surface area contributed by atoms with Gasteiger partial charge in [0.1, 0.15) is 54.0 Å². The molecule has 0 saturated heterocycles. The number of hydrogen-bond donors (Lipinski definition) is 7. The molecule has 4 aliphatic carbocycles. The van der Waals surface area contributed by atoms with Gasteiger partial charge in [-0.05, 0) is 156 Å². The Balaban J connectivity index is 0.000000172. The summed E-state index contributed by atoms with van der Waals surface area (Å²) in [6.07, 6.45) is 13.1. The highest BCUT2D eigenvalue weighted by Crippen LogP contribution is 2.58. The Morgan fingerprint density at radius 2 is 1.06 bits per heavy atom. The number of nitrogens with zero attached hydrogens (tertiary/aromatic N) is 4. The van der Waals surface area contributed by atoms with Crippen LogP contribution in [0.15, 0.2) is 125 Å². The number of fused-ring (bicyclic) bond motifs is 2. The molecule has 11 rings (SSSR count). The van der Waals surface area contributed by atoms with Crippen LogP contribution in [0.25, 0.3) is 11.0 Å². The summed E-state index contributed by atoms with van der Waals surface area (Å²) in [7, 11) is 0. The Morgan fingerprint density at radius 1 is 0.636 bits per heavy atom. The molecule has 4 aromatic heterocycles. The average molecular weight is 1470 g/mol. The van der Waals surface area contributed by atoms with Crippen molar-refractivity contribution < 1.29 is 63.0 Å². The third-order valence-corrected chi connectivity index (χ3v) is 15.9. The van der Waals surface area contributed by atoms with Gasteiger partial charge >= 0.3 is 12.1 Å². The van der Waals surface area contributed by atoms with Crippen molar-refractivity contribution >= 4 is 100 Å². The first kappa shape index (κ1) is 67.2. The van der Waals surface area contributed by atoms with Gasteiger partial charge in [-0.1, -0.05) is 81.8 Å². The first-order valence-electron chi connectivity index (χ1n) is 28.7. The lowest BCUT2D eigenvalue weighted by atomic mass is 9.53. The zero-order chi connectivity index (χ0) is 63.9. The molecular formula is C63H75Br2IN8O13Si. The number of aromatic nitrogens is 4. The minimum absolute atomic E-state index is 0.0292. The standard InChI is InChI=1S/C26H29BrN4O5.C22H23BrN2O4.C12H14N2O4.C3H9ISi/c1-25(2,34)14-35-17-4-6-21-20(12-29-31(21)13-17)24(33)30-16-8-26(9-16)10-18(11-26)36-22-7-15(27)3-5-19(22)23(28)32;23-15-6-7-18(20(24)26)19(8-15)29-17-11-22(12-17)9-16(10-22)25-21(27)28-13-14-4-2-1-3-5-14;1-12(2,17)7-18-8-3-4-10-9(11(15)16)5-13-14(10)6-8;1-5(2,3)4/h3-7,12-13,16,18,34H,8-11,14H2,1-2H3,(H2,28,32)(H,30,33);1-8,16-17H,9-13H2,(H2,24,26)(H,25,27);3-6,17H,7H2,1-2H3,(H,15,16);1-3H3. The van der Waals surface area contributed by atoms with E-state index in [1.807, 2.05) is 30.3 Å². The van der Waals surface area contributed by atoms with Crippen LogP contribution in [-0.4, -0.2) is 119 Å². The molecule has 7 aromatic rings. The fraction of sp³-hybridized carbons (Fsp3) is 0.413. The van der Waals surface area contributed by atoms with Crippen molar-refractivity contribution in [2.24, 2.45) is 22.3 Å². The van der Waals surface area contributed by atoms with Gasteiger partial charge in [-0.15, -0.1) is 21.8 Å². The van der Waals surface area contributed by atoms with Gasteiger partial charge in [0.15, 0.2) is 0 Å². The number of nitrogens with one attached hydrogen (secondary N) is 2. The van der Waals surface area contributed by atoms with Crippen molar-refractivity contribution in [3.8, 4) is 23.0 Å². The van der Waals surface area contributed by atoms with E-state index in [4.69, 9.17) is 40.3 Å². The van der Waals surface area contributed by atoms with Gasteiger partial charge in [0, 0.05) is 21.0 Å². The molecule has 9 N–H and O–H groups in total. The lowest BCUT2D eigenvalue weighted by Crippen LogP contribution is -2.58. The van der Waals surface area contributed by atoms with E-state index in [0.717, 1.165) is 65.9 Å². The van der Waals surface area contributed by atoms with Crippen LogP contribution in [0, 0.1) is 10.8 Å². The van der Waals surface area contributed by atoms with Crippen molar-refractivity contribution in [2.45, 2.75) is 141 Å². The number of carbonyl (C=O) groups is 5. The summed E-state index contributed by atoms with van der Waals surface area (Å²) in [5.74, 6) is -0.0739. The summed E-state index contributed by atoms with van der Waals surface area (Å²) in [4.78, 5) is 59.1. The Hall–Kier alpha value is -6.78. The van der Waals surface area contributed by atoms with E-state index in [-0.39, 0.29) is 72.5 Å². The van der Waals surface area contributed by atoms with Crippen LogP contribution in [0.4, 0.5) is 4.79 Å². The molecular weight excluding hydrogens is 1390 g/mol. The van der Waals surface area contributed by atoms with Crippen LogP contribution in [0.5, 0.6) is 23.0 Å². The number of aliphatic hydroxyl groups is 2. The number of nitrogens with two attached hydrogens (primary N) is 2. The largest absolute Gasteiger partial charge is 0.490 e. The number of pyridine rings is 2. The molecule has 4 amide bonds. The van der Waals surface area contributed by atoms with Crippen molar-refractivity contribution in [3.63, 3.8) is 0 Å². The molecule has 88 heavy (non-hydrogen) atoms. The second-order valence-electron chi connectivity index (χ2n) is 25.3. The first-order valence-corrected chi connectivity index (χ1v) is 36.9. The normalized spacial score (nSPS) is 20.7. The quantitative estimate of drug-likeness (QED) is 0.0239. The molecule has 0 aliphatic heterocycles. The minimum atomic E-state index is -1.02. The molecule has 0 atom stereocenters. The van der Waals surface area contributed by atoms with Crippen LogP contribution in [0.1, 0.15) is 126 Å². The Labute approximate surface area is 541 Å². The predicted octanol–water partition coefficient (Wildman–Crippen LogP) is 11.1. The maximum absolute atomic E-state index is 12.9. The zero-order valence-corrected chi connectivity index (χ0v) is 56.4. The Bertz CT molecular complexity index is 3630. The number of hydrogen-bond acceptors (Lipinski definition) is 14. The topological polar surface area (TPSA) is 303 Å². The third-order valence-electron chi connectivity index (χ3n) is 14.9. The van der Waals surface area contributed by atoms with Gasteiger partial charge in [0.25, 0.3) is 17.7 Å². The molecule has 0 radical (unpaired) electrons. The minimum Gasteiger partial charge on any atom is -0.490 e. The Morgan fingerprint density at radius 3 is 1.48 bits per heavy atom. The van der Waals surface area contributed by atoms with Crippen molar-refractivity contribution in [3.05, 3.63) is 153 Å². The number of amides is 4. The highest BCUT2D eigenvalue weighted by Gasteiger charge is 2.55. The summed E-state index contributed by atoms with van der Waals surface area (Å²) in [5.41, 5.74) is 12.4. The number of alkyl carbamates (subject to hydrolysis) is 1. The molecule has 4 fully saturated rings. The summed E-state index contributed by atoms with van der Waals surface area (Å²) >= 11 is 9.32. The second-order valence-corrected chi connectivity index (χ2v) is 40.9. The van der Waals surface area contributed by atoms with E-state index in [0.29, 0.717) is 50.7 Å². The van der Waals surface area contributed by atoms with Gasteiger partial charge in [-0.2, -0.15) is 10.2 Å². The van der Waals surface area contributed by atoms with E-state index in [1.165, 1.54) is 10.7 Å². The predicted molar refractivity (Wildman–Crippen MR) is 349 cm³/mol. The molecule has 2 spiro atoms. The SMILES string of the molecule is CC(C)(O)COc1ccc2c(C(=O)NC3CC4(C3)CC(Oc3cc(Br)ccc3C(N)=O)C4)cnn2c1.CC(C)(O)COc1ccc2c(C(=O)O)cnn2c1.C[Si](C)(C)I.NC(=O)c1ccc(Br)cc1OC1CC2(CC(NC(=O)OCc3ccccc3)C2)C1. The number of primary amides is 2. The van der Waals surface area contributed by atoms with Crippen LogP contribution >= 0.6 is 53.7 Å². The molecule has 4 heterocycles. The average Bonchev–Trinajstić information content (AvgIpc) is 1.08. The van der Waals surface area contributed by atoms with Gasteiger partial charge in [0.2, 0.25) is 0 Å². The number of halogens is 3. The number of rotatable bonds is 18. The summed E-state index contributed by atoms with van der Waals surface area (Å²) < 4.78 is 33.1. The molecule has 25 heteroatoms. The molecule has 4 aliphatic rings. The number of ether oxygens (including phenoxy) is 5. The van der Waals surface area contributed by atoms with Crippen molar-refractivity contribution in [2.75, 3.05) is 13.2 Å². The lowest BCUT2D eigenvalue weighted by Gasteiger charge is -2.57. The Kier molecular flexibility index (Phi) is 21.3. The number of aromatic carboxylic acids is 1. The third kappa shape index (κ3) is 18.9. The van der Waals surface area contributed by atoms with Crippen LogP contribution in [0.3, 0.4) is 0 Å². The number of carbonyl (C=O) groups excluding carboxylic acids is 4. The van der Waals surface area contributed by atoms with Crippen LogP contribution < -0.4 is 41.0 Å². The van der Waals surface area contributed by atoms with E-state index in [1.54, 1.807) is 111 Å². The van der Waals surface area contributed by atoms with Gasteiger partial charge in [-0.25, -0.2) is 18.6 Å². The maximum atomic E-state index is 12.9. The van der Waals surface area contributed by atoms with E-state index >= 15 is 0 Å². The molecule has 3 aromatic carbocycles. The van der Waals surface area contributed by atoms with Gasteiger partial charge in [0.05, 0.1) is 75.9 Å². The number of carboxylic acid groups (broad SMARTS) is 1. The van der Waals surface area contributed by atoms with Crippen molar-refractivity contribution in [1.29, 1.82) is 0 Å². The van der Waals surface area contributed by atoms with E-state index in [2.05, 4.69) is 94.1 Å². The molecule has 4 saturated carbocycles. The second kappa shape index (κ2) is 27.9. The molecule has 0 bridgehead atoms. The zero-order valence-electron chi connectivity index (χ0n) is 50.1. The highest BCUT2D eigenvalue weighted by molar-refractivity contribution is 14.1. The molecule has 0 unspecified atom stereocenters. The van der Waals surface area contributed by atoms with Gasteiger partial charge < -0.3 is 61.1 Å². The van der Waals surface area contributed by atoms with Crippen LogP contribution in [-0.2, 0) is 11.3 Å². The van der Waals surface area contributed by atoms with Gasteiger partial charge in [-0.3, -0.25) is 14.4 Å². The maximum Gasteiger partial charge on any atom is 0.407 e. The summed E-state index contributed by atoms with van der Waals surface area (Å²) in [6, 6.07) is 27.1. The highest BCUT2D eigenvalue weighted by atomic mass is 127. The fourth-order valence-corrected chi connectivity index (χ4v) is 11.6. The first-order chi connectivity index (χ1) is 41.3. The van der Waals surface area contributed by atoms with Crippen LogP contribution in [0.2, 0.25) is 19.6 Å². The molecule has 470 valence electrons. The monoisotopic (exact) mass is 1460 g/mol. The summed E-state index contributed by atoms with van der Waals surface area (Å²) in [5, 5.41) is 42.6. The van der Waals surface area contributed by atoms with Crippen molar-refractivity contribution in [1.82, 2.24) is 29.9 Å². The van der Waals surface area contributed by atoms with E-state index < -0.39 is 34.6 Å². The smallest absolute Gasteiger partial charge is 0.407 e. The van der Waals surface area contributed by atoms with E-state index in [9.17, 15) is 34.2 Å². The number of carboxylic acids is 1. The molecule has 21 nitrogen and oxygen atoms in total.